The summed E-state index contributed by atoms with van der Waals surface area (Å²) in [6.45, 7) is 1.47. The molecule has 20 heavy (non-hydrogen) atoms. The van der Waals surface area contributed by atoms with E-state index in [0.717, 1.165) is 48.0 Å². The molecule has 4 rings (SSSR count). The van der Waals surface area contributed by atoms with Crippen LogP contribution in [0.25, 0.3) is 0 Å². The molecule has 0 unspecified atom stereocenters. The van der Waals surface area contributed by atoms with E-state index in [1.165, 1.54) is 19.3 Å². The van der Waals surface area contributed by atoms with Gasteiger partial charge in [-0.25, -0.2) is 0 Å². The van der Waals surface area contributed by atoms with E-state index in [1.54, 1.807) is 0 Å². The van der Waals surface area contributed by atoms with E-state index in [2.05, 4.69) is 21.1 Å². The lowest BCUT2D eigenvalue weighted by molar-refractivity contribution is -0.870. The van der Waals surface area contributed by atoms with E-state index in [0.29, 0.717) is 6.61 Å². The zero-order valence-electron chi connectivity index (χ0n) is 13.0. The summed E-state index contributed by atoms with van der Waals surface area (Å²) in [4.78, 5) is 12.6. The van der Waals surface area contributed by atoms with Crippen molar-refractivity contribution < 1.29 is 38.0 Å². The van der Waals surface area contributed by atoms with Crippen LogP contribution in [0.5, 0.6) is 0 Å². The molecule has 116 valence electrons. The molecule has 0 amide bonds. The van der Waals surface area contributed by atoms with Gasteiger partial charge in [0.1, 0.15) is 13.2 Å². The lowest BCUT2D eigenvalue weighted by atomic mass is 9.49. The van der Waals surface area contributed by atoms with Crippen molar-refractivity contribution in [3.63, 3.8) is 0 Å². The molecule has 4 saturated carbocycles. The van der Waals surface area contributed by atoms with Crippen molar-refractivity contribution in [1.82, 2.24) is 0 Å². The molecular formula is C16H28INO2. The minimum atomic E-state index is -0.0837. The molecule has 0 aromatic rings. The van der Waals surface area contributed by atoms with E-state index >= 15 is 0 Å². The van der Waals surface area contributed by atoms with Crippen molar-refractivity contribution in [2.24, 2.45) is 23.2 Å². The minimum absolute atomic E-state index is 0. The summed E-state index contributed by atoms with van der Waals surface area (Å²) in [5.41, 5.74) is -0.0837. The van der Waals surface area contributed by atoms with Crippen LogP contribution in [-0.4, -0.2) is 44.7 Å². The summed E-state index contributed by atoms with van der Waals surface area (Å²) < 4.78 is 6.50. The standard InChI is InChI=1S/C16H28NO2.HI/c1-17(2,3)4-5-19-15(18)16-9-12-6-13(10-16)8-14(7-12)11-16;/h12-14H,4-11H2,1-3H3;1H/q+1;/p-1. The third kappa shape index (κ3) is 3.32. The molecule has 4 aliphatic rings. The average molecular weight is 393 g/mol. The Labute approximate surface area is 140 Å². The Morgan fingerprint density at radius 3 is 1.90 bits per heavy atom. The van der Waals surface area contributed by atoms with Gasteiger partial charge in [0.15, 0.2) is 0 Å². The second-order valence-electron chi connectivity index (χ2n) is 8.35. The molecule has 0 radical (unpaired) electrons. The highest BCUT2D eigenvalue weighted by molar-refractivity contribution is 5.77. The van der Waals surface area contributed by atoms with Crippen LogP contribution in [0.4, 0.5) is 0 Å². The Morgan fingerprint density at radius 2 is 1.50 bits per heavy atom. The molecule has 4 heteroatoms. The number of rotatable bonds is 4. The molecule has 0 heterocycles. The number of halogens is 1. The van der Waals surface area contributed by atoms with Crippen molar-refractivity contribution in [2.45, 2.75) is 38.5 Å². The van der Waals surface area contributed by atoms with Crippen LogP contribution in [0, 0.1) is 23.2 Å². The molecular weight excluding hydrogens is 365 g/mol. The van der Waals surface area contributed by atoms with Gasteiger partial charge in [-0.05, 0) is 56.3 Å². The van der Waals surface area contributed by atoms with Gasteiger partial charge in [-0.3, -0.25) is 4.79 Å². The third-order valence-corrected chi connectivity index (χ3v) is 5.47. The Bertz CT molecular complexity index is 340. The van der Waals surface area contributed by atoms with Gasteiger partial charge in [-0.1, -0.05) is 0 Å². The lowest BCUT2D eigenvalue weighted by Gasteiger charge is -2.55. The van der Waals surface area contributed by atoms with Crippen molar-refractivity contribution >= 4 is 5.97 Å². The Balaban J connectivity index is 0.00000147. The van der Waals surface area contributed by atoms with Gasteiger partial charge in [-0.15, -0.1) is 0 Å². The largest absolute Gasteiger partial charge is 1.00 e. The molecule has 0 aromatic carbocycles. The van der Waals surface area contributed by atoms with Crippen LogP contribution >= 0.6 is 0 Å². The van der Waals surface area contributed by atoms with E-state index < -0.39 is 0 Å². The second kappa shape index (κ2) is 5.75. The monoisotopic (exact) mass is 393 g/mol. The number of esters is 1. The van der Waals surface area contributed by atoms with Crippen LogP contribution < -0.4 is 24.0 Å². The number of hydrogen-bond acceptors (Lipinski definition) is 2. The molecule has 4 fully saturated rings. The fourth-order valence-electron chi connectivity index (χ4n) is 4.93. The summed E-state index contributed by atoms with van der Waals surface area (Å²) in [5, 5.41) is 0. The molecule has 4 aliphatic carbocycles. The Hall–Kier alpha value is 0.160. The number of quaternary nitrogens is 1. The Kier molecular flexibility index (Phi) is 4.75. The third-order valence-electron chi connectivity index (χ3n) is 5.47. The molecule has 0 aromatic heterocycles. The Morgan fingerprint density at radius 1 is 1.05 bits per heavy atom. The van der Waals surface area contributed by atoms with Crippen LogP contribution in [-0.2, 0) is 9.53 Å². The number of nitrogens with zero attached hydrogens (tertiary/aromatic N) is 1. The highest BCUT2D eigenvalue weighted by Gasteiger charge is 2.55. The van der Waals surface area contributed by atoms with Crippen molar-refractivity contribution in [3.05, 3.63) is 0 Å². The average Bonchev–Trinajstić information content (AvgIpc) is 2.25. The van der Waals surface area contributed by atoms with Crippen LogP contribution in [0.15, 0.2) is 0 Å². The van der Waals surface area contributed by atoms with E-state index in [-0.39, 0.29) is 35.4 Å². The number of carbonyl (C=O) groups excluding carboxylic acids is 1. The van der Waals surface area contributed by atoms with Gasteiger partial charge in [0, 0.05) is 0 Å². The van der Waals surface area contributed by atoms with E-state index in [4.69, 9.17) is 4.74 Å². The van der Waals surface area contributed by atoms with Gasteiger partial charge < -0.3 is 33.2 Å². The second-order valence-corrected chi connectivity index (χ2v) is 8.35. The van der Waals surface area contributed by atoms with Gasteiger partial charge >= 0.3 is 5.97 Å². The zero-order chi connectivity index (χ0) is 13.7. The first-order valence-corrected chi connectivity index (χ1v) is 7.84. The maximum atomic E-state index is 12.6. The van der Waals surface area contributed by atoms with Crippen molar-refractivity contribution in [1.29, 1.82) is 0 Å². The highest BCUT2D eigenvalue weighted by Crippen LogP contribution is 2.60. The number of likely N-dealkylation sites (N-methyl/N-ethyl adjacent to an activating group) is 1. The summed E-state index contributed by atoms with van der Waals surface area (Å²) in [6, 6.07) is 0. The van der Waals surface area contributed by atoms with Crippen LogP contribution in [0.1, 0.15) is 38.5 Å². The van der Waals surface area contributed by atoms with Gasteiger partial charge in [0.2, 0.25) is 0 Å². The van der Waals surface area contributed by atoms with Crippen LogP contribution in [0.3, 0.4) is 0 Å². The number of hydrogen-bond donors (Lipinski definition) is 0. The topological polar surface area (TPSA) is 26.3 Å². The predicted molar refractivity (Wildman–Crippen MR) is 74.5 cm³/mol. The first-order chi connectivity index (χ1) is 8.86. The molecule has 0 atom stereocenters. The SMILES string of the molecule is C[N+](C)(C)CCOC(=O)C12CC3CC(CC(C3)C1)C2.[I-]. The minimum Gasteiger partial charge on any atom is -1.00 e. The maximum Gasteiger partial charge on any atom is 0.312 e. The first-order valence-electron chi connectivity index (χ1n) is 7.84. The lowest BCUT2D eigenvalue weighted by Crippen LogP contribution is -3.00. The zero-order valence-corrected chi connectivity index (χ0v) is 15.2. The molecule has 4 bridgehead atoms. The fourth-order valence-corrected chi connectivity index (χ4v) is 4.93. The molecule has 0 N–H and O–H groups in total. The van der Waals surface area contributed by atoms with Crippen molar-refractivity contribution in [2.75, 3.05) is 34.3 Å². The number of carbonyl (C=O) groups is 1. The predicted octanol–water partition coefficient (Wildman–Crippen LogP) is -0.544. The molecule has 0 aliphatic heterocycles. The smallest absolute Gasteiger partial charge is 0.312 e. The maximum absolute atomic E-state index is 12.6. The fraction of sp³-hybridized carbons (Fsp3) is 0.938. The first kappa shape index (κ1) is 16.5. The van der Waals surface area contributed by atoms with Gasteiger partial charge in [0.05, 0.1) is 26.6 Å². The number of ether oxygens (including phenoxy) is 1. The summed E-state index contributed by atoms with van der Waals surface area (Å²) in [7, 11) is 6.41. The molecule has 0 saturated heterocycles. The van der Waals surface area contributed by atoms with E-state index in [1.807, 2.05) is 0 Å². The summed E-state index contributed by atoms with van der Waals surface area (Å²) in [6.07, 6.45) is 7.48. The van der Waals surface area contributed by atoms with Crippen LogP contribution in [0.2, 0.25) is 0 Å². The summed E-state index contributed by atoms with van der Waals surface area (Å²) >= 11 is 0. The molecule has 3 nitrogen and oxygen atoms in total. The van der Waals surface area contributed by atoms with Gasteiger partial charge in [0.25, 0.3) is 0 Å². The normalized spacial score (nSPS) is 38.5. The quantitative estimate of drug-likeness (QED) is 0.364. The van der Waals surface area contributed by atoms with E-state index in [9.17, 15) is 4.79 Å². The highest BCUT2D eigenvalue weighted by atomic mass is 127. The summed E-state index contributed by atoms with van der Waals surface area (Å²) in [5.74, 6) is 2.58. The van der Waals surface area contributed by atoms with Gasteiger partial charge in [-0.2, -0.15) is 0 Å². The van der Waals surface area contributed by atoms with Crippen molar-refractivity contribution in [3.8, 4) is 0 Å². The molecule has 0 spiro atoms.